The molecule has 0 aliphatic heterocycles. The monoisotopic (exact) mass is 385 g/mol. The van der Waals surface area contributed by atoms with Crippen molar-refractivity contribution in [2.24, 2.45) is 0 Å². The minimum absolute atomic E-state index is 0.289. The summed E-state index contributed by atoms with van der Waals surface area (Å²) in [5.74, 6) is -0.691. The Labute approximate surface area is 167 Å². The van der Waals surface area contributed by atoms with Crippen LogP contribution in [0.3, 0.4) is 0 Å². The standard InChI is InChI=1S/C23H31NO2S/c1-17-13-18(2)22(19(3)14-17)16-24-27-21-11-8-10-20(15-21)9-6-4-5-7-12-23(25)26/h8,10-11,13-15,24H,4-7,9,12,16H2,1-3H3,(H,25,26). The first-order valence-electron chi connectivity index (χ1n) is 9.73. The number of hydrogen-bond donors (Lipinski definition) is 2. The molecule has 0 radical (unpaired) electrons. The molecule has 0 saturated carbocycles. The van der Waals surface area contributed by atoms with Crippen molar-refractivity contribution >= 4 is 17.9 Å². The third-order valence-corrected chi connectivity index (χ3v) is 5.56. The molecule has 3 nitrogen and oxygen atoms in total. The Hall–Kier alpha value is -1.78. The number of aliphatic carboxylic acids is 1. The second-order valence-electron chi connectivity index (χ2n) is 7.26. The summed E-state index contributed by atoms with van der Waals surface area (Å²) in [6, 6.07) is 13.2. The topological polar surface area (TPSA) is 49.3 Å². The lowest BCUT2D eigenvalue weighted by atomic mass is 10.0. The maximum Gasteiger partial charge on any atom is 0.303 e. The zero-order chi connectivity index (χ0) is 19.6. The molecule has 2 rings (SSSR count). The van der Waals surface area contributed by atoms with Crippen molar-refractivity contribution in [3.63, 3.8) is 0 Å². The molecule has 0 aromatic heterocycles. The molecule has 146 valence electrons. The summed E-state index contributed by atoms with van der Waals surface area (Å²) in [6.45, 7) is 7.36. The Balaban J connectivity index is 1.76. The van der Waals surface area contributed by atoms with Crippen molar-refractivity contribution in [2.75, 3.05) is 0 Å². The van der Waals surface area contributed by atoms with Crippen LogP contribution in [0, 0.1) is 20.8 Å². The molecule has 0 unspecified atom stereocenters. The van der Waals surface area contributed by atoms with Crippen LogP contribution in [0.15, 0.2) is 41.3 Å². The smallest absolute Gasteiger partial charge is 0.303 e. The normalized spacial score (nSPS) is 10.9. The molecule has 0 saturated heterocycles. The molecule has 2 N–H and O–H groups in total. The highest BCUT2D eigenvalue weighted by Gasteiger charge is 2.04. The lowest BCUT2D eigenvalue weighted by molar-refractivity contribution is -0.137. The summed E-state index contributed by atoms with van der Waals surface area (Å²) in [5, 5.41) is 8.66. The fraction of sp³-hybridized carbons (Fsp3) is 0.435. The molecule has 2 aromatic rings. The van der Waals surface area contributed by atoms with Crippen LogP contribution in [0.2, 0.25) is 0 Å². The first kappa shape index (κ1) is 21.5. The van der Waals surface area contributed by atoms with E-state index >= 15 is 0 Å². The predicted molar refractivity (Wildman–Crippen MR) is 114 cm³/mol. The summed E-state index contributed by atoms with van der Waals surface area (Å²) >= 11 is 1.69. The number of unbranched alkanes of at least 4 members (excludes halogenated alkanes) is 3. The lowest BCUT2D eigenvalue weighted by Gasteiger charge is -2.12. The van der Waals surface area contributed by atoms with Gasteiger partial charge in [-0.05, 0) is 86.4 Å². The van der Waals surface area contributed by atoms with E-state index < -0.39 is 5.97 Å². The van der Waals surface area contributed by atoms with Crippen LogP contribution in [0.4, 0.5) is 0 Å². The molecule has 0 aliphatic rings. The third kappa shape index (κ3) is 7.77. The molecule has 27 heavy (non-hydrogen) atoms. The van der Waals surface area contributed by atoms with E-state index in [-0.39, 0.29) is 6.42 Å². The van der Waals surface area contributed by atoms with Gasteiger partial charge in [-0.3, -0.25) is 9.52 Å². The highest BCUT2D eigenvalue weighted by Crippen LogP contribution is 2.21. The van der Waals surface area contributed by atoms with E-state index in [0.717, 1.165) is 38.6 Å². The van der Waals surface area contributed by atoms with E-state index in [0.29, 0.717) is 0 Å². The number of carboxylic acids is 1. The molecular formula is C23H31NO2S. The lowest BCUT2D eigenvalue weighted by Crippen LogP contribution is -2.07. The van der Waals surface area contributed by atoms with Gasteiger partial charge in [-0.2, -0.15) is 0 Å². The molecule has 0 heterocycles. The molecular weight excluding hydrogens is 354 g/mol. The maximum atomic E-state index is 10.5. The zero-order valence-electron chi connectivity index (χ0n) is 16.7. The molecule has 0 amide bonds. The molecule has 4 heteroatoms. The largest absolute Gasteiger partial charge is 0.481 e. The van der Waals surface area contributed by atoms with Crippen LogP contribution in [0.5, 0.6) is 0 Å². The second-order valence-corrected chi connectivity index (χ2v) is 8.22. The second kappa shape index (κ2) is 11.2. The summed E-state index contributed by atoms with van der Waals surface area (Å²) in [7, 11) is 0. The van der Waals surface area contributed by atoms with Gasteiger partial charge in [0.15, 0.2) is 0 Å². The van der Waals surface area contributed by atoms with Gasteiger partial charge in [-0.1, -0.05) is 42.7 Å². The average molecular weight is 386 g/mol. The summed E-state index contributed by atoms with van der Waals surface area (Å²) < 4.78 is 3.50. The van der Waals surface area contributed by atoms with Gasteiger partial charge in [-0.25, -0.2) is 0 Å². The minimum atomic E-state index is -0.691. The number of benzene rings is 2. The number of carbonyl (C=O) groups is 1. The van der Waals surface area contributed by atoms with Crippen molar-refractivity contribution < 1.29 is 9.90 Å². The Morgan fingerprint density at radius 2 is 1.70 bits per heavy atom. The van der Waals surface area contributed by atoms with E-state index in [1.807, 2.05) is 0 Å². The fourth-order valence-corrected chi connectivity index (χ4v) is 4.14. The minimum Gasteiger partial charge on any atom is -0.481 e. The van der Waals surface area contributed by atoms with Gasteiger partial charge in [0.1, 0.15) is 0 Å². The molecule has 0 atom stereocenters. The number of hydrogen-bond acceptors (Lipinski definition) is 3. The first-order chi connectivity index (χ1) is 13.0. The van der Waals surface area contributed by atoms with E-state index in [2.05, 4.69) is 61.9 Å². The molecule has 0 aliphatic carbocycles. The Bertz CT molecular complexity index is 735. The SMILES string of the molecule is Cc1cc(C)c(CNSc2cccc(CCCCCCC(=O)O)c2)c(C)c1. The van der Waals surface area contributed by atoms with E-state index in [1.165, 1.54) is 32.7 Å². The summed E-state index contributed by atoms with van der Waals surface area (Å²) in [4.78, 5) is 11.7. The van der Waals surface area contributed by atoms with Gasteiger partial charge in [0, 0.05) is 17.9 Å². The van der Waals surface area contributed by atoms with Crippen molar-refractivity contribution in [3.8, 4) is 0 Å². The number of rotatable bonds is 11. The van der Waals surface area contributed by atoms with Crippen LogP contribution in [-0.2, 0) is 17.8 Å². The first-order valence-corrected chi connectivity index (χ1v) is 10.5. The van der Waals surface area contributed by atoms with Crippen LogP contribution >= 0.6 is 11.9 Å². The van der Waals surface area contributed by atoms with Crippen molar-refractivity contribution in [3.05, 3.63) is 64.2 Å². The fourth-order valence-electron chi connectivity index (χ4n) is 3.40. The molecule has 0 spiro atoms. The quantitative estimate of drug-likeness (QED) is 0.369. The number of carboxylic acid groups (broad SMARTS) is 1. The van der Waals surface area contributed by atoms with Gasteiger partial charge < -0.3 is 5.11 Å². The van der Waals surface area contributed by atoms with Gasteiger partial charge in [-0.15, -0.1) is 0 Å². The zero-order valence-corrected chi connectivity index (χ0v) is 17.5. The van der Waals surface area contributed by atoms with Crippen molar-refractivity contribution in [2.45, 2.75) is 70.7 Å². The van der Waals surface area contributed by atoms with Crippen molar-refractivity contribution in [1.82, 2.24) is 4.72 Å². The van der Waals surface area contributed by atoms with Gasteiger partial charge in [0.05, 0.1) is 0 Å². The van der Waals surface area contributed by atoms with E-state index in [4.69, 9.17) is 5.11 Å². The number of nitrogens with one attached hydrogen (secondary N) is 1. The van der Waals surface area contributed by atoms with Crippen molar-refractivity contribution in [1.29, 1.82) is 0 Å². The maximum absolute atomic E-state index is 10.5. The Morgan fingerprint density at radius 3 is 2.41 bits per heavy atom. The Morgan fingerprint density at radius 1 is 1.00 bits per heavy atom. The van der Waals surface area contributed by atoms with Crippen LogP contribution in [0.1, 0.15) is 59.9 Å². The predicted octanol–water partition coefficient (Wildman–Crippen LogP) is 5.99. The van der Waals surface area contributed by atoms with Gasteiger partial charge >= 0.3 is 5.97 Å². The summed E-state index contributed by atoms with van der Waals surface area (Å²) in [5.41, 5.74) is 6.74. The highest BCUT2D eigenvalue weighted by molar-refractivity contribution is 7.97. The Kier molecular flexibility index (Phi) is 8.89. The van der Waals surface area contributed by atoms with E-state index in [1.54, 1.807) is 11.9 Å². The average Bonchev–Trinajstić information content (AvgIpc) is 2.60. The van der Waals surface area contributed by atoms with Crippen LogP contribution in [-0.4, -0.2) is 11.1 Å². The molecule has 0 bridgehead atoms. The summed E-state index contributed by atoms with van der Waals surface area (Å²) in [6.07, 6.45) is 5.33. The van der Waals surface area contributed by atoms with Gasteiger partial charge in [0.25, 0.3) is 0 Å². The molecule has 0 fully saturated rings. The van der Waals surface area contributed by atoms with Gasteiger partial charge in [0.2, 0.25) is 0 Å². The van der Waals surface area contributed by atoms with Crippen LogP contribution in [0.25, 0.3) is 0 Å². The highest BCUT2D eigenvalue weighted by atomic mass is 32.2. The molecule has 2 aromatic carbocycles. The van der Waals surface area contributed by atoms with E-state index in [9.17, 15) is 4.79 Å². The third-order valence-electron chi connectivity index (χ3n) is 4.78. The number of aryl methyl sites for hydroxylation is 4. The van der Waals surface area contributed by atoms with Crippen LogP contribution < -0.4 is 4.72 Å².